The predicted octanol–water partition coefficient (Wildman–Crippen LogP) is 3.46. The molecule has 17 heteroatoms. The number of carbonyl (C=O) groups excluding carboxylic acids is 2. The minimum absolute atomic E-state index is 0.0310. The Balaban J connectivity index is 1.39. The van der Waals surface area contributed by atoms with E-state index in [0.717, 1.165) is 17.8 Å². The number of aromatic nitrogens is 4. The van der Waals surface area contributed by atoms with Crippen molar-refractivity contribution in [3.05, 3.63) is 40.1 Å². The maximum Gasteiger partial charge on any atom is 0.446 e. The topological polar surface area (TPSA) is 154 Å². The number of alkyl halides is 3. The fourth-order valence-electron chi connectivity index (χ4n) is 3.76. The van der Waals surface area contributed by atoms with E-state index in [1.54, 1.807) is 20.8 Å². The molecule has 216 valence electrons. The van der Waals surface area contributed by atoms with Gasteiger partial charge in [0.1, 0.15) is 11.4 Å². The lowest BCUT2D eigenvalue weighted by Crippen LogP contribution is -2.67. The van der Waals surface area contributed by atoms with Gasteiger partial charge in [-0.25, -0.2) is 23.2 Å². The number of Topliss-reactive ketones (excluding diaryl/α,β-unsaturated/α-hetero) is 1. The van der Waals surface area contributed by atoms with Crippen molar-refractivity contribution < 1.29 is 46.1 Å². The third-order valence-corrected chi connectivity index (χ3v) is 6.69. The molecule has 0 unspecified atom stereocenters. The SMILES string of the molecule is CC(C)(C)OC(=O)N1CC(O)(C(=O)CCCSc2nonc2-c2noc(=O)n2-c2ccc(F)c(C(F)(F)F)c2)C1. The second-order valence-corrected chi connectivity index (χ2v) is 11.0. The first-order chi connectivity index (χ1) is 18.6. The fourth-order valence-corrected chi connectivity index (χ4v) is 4.59. The minimum atomic E-state index is -5.02. The Labute approximate surface area is 227 Å². The summed E-state index contributed by atoms with van der Waals surface area (Å²) < 4.78 is 68.5. The maximum atomic E-state index is 13.7. The Hall–Kier alpha value is -3.73. The van der Waals surface area contributed by atoms with E-state index in [9.17, 15) is 37.1 Å². The third-order valence-electron chi connectivity index (χ3n) is 5.65. The van der Waals surface area contributed by atoms with Gasteiger partial charge >= 0.3 is 18.0 Å². The fraction of sp³-hybridized carbons (Fsp3) is 0.478. The van der Waals surface area contributed by atoms with Crippen molar-refractivity contribution in [2.45, 2.75) is 56.0 Å². The van der Waals surface area contributed by atoms with Crippen molar-refractivity contribution in [2.24, 2.45) is 0 Å². The summed E-state index contributed by atoms with van der Waals surface area (Å²) in [5.74, 6) is -3.23. The number of β-amino-alcohol motifs (C(OH)–C–C–N with tert-alkyl or cyclic N) is 1. The zero-order chi connectivity index (χ0) is 29.5. The van der Waals surface area contributed by atoms with Crippen LogP contribution in [0.15, 0.2) is 37.2 Å². The monoisotopic (exact) mass is 589 g/mol. The normalized spacial score (nSPS) is 15.2. The molecule has 1 N–H and O–H groups in total. The number of nitrogens with zero attached hydrogens (tertiary/aromatic N) is 5. The number of ether oxygens (including phenoxy) is 1. The van der Waals surface area contributed by atoms with Gasteiger partial charge in [-0.3, -0.25) is 9.32 Å². The molecule has 4 rings (SSSR count). The molecule has 1 aromatic carbocycles. The van der Waals surface area contributed by atoms with Crippen LogP contribution >= 0.6 is 11.8 Å². The van der Waals surface area contributed by atoms with Crippen LogP contribution in [0.1, 0.15) is 39.2 Å². The van der Waals surface area contributed by atoms with Crippen LogP contribution in [-0.4, -0.2) is 72.0 Å². The summed E-state index contributed by atoms with van der Waals surface area (Å²) in [4.78, 5) is 38.1. The molecule has 12 nitrogen and oxygen atoms in total. The van der Waals surface area contributed by atoms with E-state index in [2.05, 4.69) is 20.0 Å². The van der Waals surface area contributed by atoms with E-state index in [1.807, 2.05) is 0 Å². The number of hydrogen-bond donors (Lipinski definition) is 1. The zero-order valence-electron chi connectivity index (χ0n) is 21.3. The molecule has 1 aliphatic rings. The van der Waals surface area contributed by atoms with Crippen molar-refractivity contribution in [1.82, 2.24) is 24.9 Å². The summed E-state index contributed by atoms with van der Waals surface area (Å²) in [6.45, 7) is 4.72. The molecule has 0 bridgehead atoms. The maximum absolute atomic E-state index is 13.7. The Kier molecular flexibility index (Phi) is 7.81. The molecule has 3 heterocycles. The molecule has 2 aromatic heterocycles. The number of thioether (sulfide) groups is 1. The summed E-state index contributed by atoms with van der Waals surface area (Å²) in [6, 6.07) is 1.92. The molecule has 0 radical (unpaired) electrons. The van der Waals surface area contributed by atoms with Gasteiger partial charge in [-0.15, -0.1) is 11.8 Å². The van der Waals surface area contributed by atoms with Crippen molar-refractivity contribution in [3.63, 3.8) is 0 Å². The number of likely N-dealkylation sites (tertiary alicyclic amines) is 1. The Bertz CT molecular complexity index is 1470. The van der Waals surface area contributed by atoms with Gasteiger partial charge in [0.2, 0.25) is 5.82 Å². The lowest BCUT2D eigenvalue weighted by Gasteiger charge is -2.45. The van der Waals surface area contributed by atoms with Crippen molar-refractivity contribution in [1.29, 1.82) is 0 Å². The van der Waals surface area contributed by atoms with Gasteiger partial charge in [0, 0.05) is 12.2 Å². The number of halogens is 4. The van der Waals surface area contributed by atoms with Crippen LogP contribution in [0.3, 0.4) is 0 Å². The molecule has 1 amide bonds. The Morgan fingerprint density at radius 3 is 2.52 bits per heavy atom. The first-order valence-electron chi connectivity index (χ1n) is 11.7. The molecular formula is C23H23F4N5O7S. The van der Waals surface area contributed by atoms with Crippen LogP contribution in [0.5, 0.6) is 0 Å². The highest BCUT2D eigenvalue weighted by atomic mass is 32.2. The number of aliphatic hydroxyl groups is 1. The number of hydrogen-bond acceptors (Lipinski definition) is 11. The van der Waals surface area contributed by atoms with Gasteiger partial charge in [-0.05, 0) is 55.7 Å². The van der Waals surface area contributed by atoms with E-state index < -0.39 is 46.4 Å². The number of ketones is 1. The number of rotatable bonds is 8. The molecular weight excluding hydrogens is 566 g/mol. The molecule has 3 aromatic rings. The molecule has 0 atom stereocenters. The van der Waals surface area contributed by atoms with Gasteiger partial charge in [0.25, 0.3) is 0 Å². The van der Waals surface area contributed by atoms with Crippen LogP contribution in [0.4, 0.5) is 22.4 Å². The van der Waals surface area contributed by atoms with Crippen LogP contribution < -0.4 is 5.76 Å². The number of benzene rings is 1. The van der Waals surface area contributed by atoms with E-state index in [4.69, 9.17) is 9.37 Å². The van der Waals surface area contributed by atoms with Gasteiger partial charge in [0.15, 0.2) is 22.1 Å². The Morgan fingerprint density at radius 2 is 1.88 bits per heavy atom. The second kappa shape index (κ2) is 10.7. The summed E-state index contributed by atoms with van der Waals surface area (Å²) in [6.07, 6.45) is -5.41. The predicted molar refractivity (Wildman–Crippen MR) is 128 cm³/mol. The molecule has 1 aliphatic heterocycles. The summed E-state index contributed by atoms with van der Waals surface area (Å²) >= 11 is 1.04. The number of amides is 1. The van der Waals surface area contributed by atoms with Crippen LogP contribution in [-0.2, 0) is 15.7 Å². The highest BCUT2D eigenvalue weighted by molar-refractivity contribution is 7.99. The van der Waals surface area contributed by atoms with Crippen molar-refractivity contribution in [3.8, 4) is 17.2 Å². The van der Waals surface area contributed by atoms with Gasteiger partial charge < -0.3 is 14.7 Å². The lowest BCUT2D eigenvalue weighted by molar-refractivity contribution is -0.154. The van der Waals surface area contributed by atoms with E-state index in [-0.39, 0.29) is 53.9 Å². The molecule has 40 heavy (non-hydrogen) atoms. The number of carbonyl (C=O) groups is 2. The summed E-state index contributed by atoms with van der Waals surface area (Å²) in [5.41, 5.74) is -4.50. The Morgan fingerprint density at radius 1 is 1.18 bits per heavy atom. The van der Waals surface area contributed by atoms with Crippen molar-refractivity contribution >= 4 is 23.6 Å². The summed E-state index contributed by atoms with van der Waals surface area (Å²) in [7, 11) is 0. The molecule has 0 saturated carbocycles. The second-order valence-electron chi connectivity index (χ2n) is 9.93. The molecule has 1 fully saturated rings. The quantitative estimate of drug-likeness (QED) is 0.233. The standard InChI is InChI=1S/C23H23F4N5O7S/c1-21(2,3)37-19(34)31-10-22(36,11-31)15(33)5-4-8-40-18-16(28-39-30-18)17-29-38-20(35)32(17)12-6-7-14(24)13(9-12)23(25,26)27/h6-7,9,36H,4-5,8,10-11H2,1-3H3. The highest BCUT2D eigenvalue weighted by Gasteiger charge is 2.50. The zero-order valence-corrected chi connectivity index (χ0v) is 22.1. The van der Waals surface area contributed by atoms with Crippen LogP contribution in [0.25, 0.3) is 17.2 Å². The van der Waals surface area contributed by atoms with Crippen LogP contribution in [0, 0.1) is 5.82 Å². The summed E-state index contributed by atoms with van der Waals surface area (Å²) in [5, 5.41) is 21.5. The molecule has 0 aliphatic carbocycles. The average Bonchev–Trinajstić information content (AvgIpc) is 3.44. The lowest BCUT2D eigenvalue weighted by atomic mass is 9.87. The van der Waals surface area contributed by atoms with Crippen LogP contribution in [0.2, 0.25) is 0 Å². The molecule has 0 spiro atoms. The van der Waals surface area contributed by atoms with Gasteiger partial charge in [0.05, 0.1) is 24.3 Å². The van der Waals surface area contributed by atoms with E-state index in [0.29, 0.717) is 16.7 Å². The first-order valence-corrected chi connectivity index (χ1v) is 12.7. The van der Waals surface area contributed by atoms with Gasteiger partial charge in [-0.1, -0.05) is 5.16 Å². The van der Waals surface area contributed by atoms with Crippen molar-refractivity contribution in [2.75, 3.05) is 18.8 Å². The average molecular weight is 590 g/mol. The largest absolute Gasteiger partial charge is 0.446 e. The smallest absolute Gasteiger partial charge is 0.444 e. The first kappa shape index (κ1) is 29.3. The highest BCUT2D eigenvalue weighted by Crippen LogP contribution is 2.34. The minimum Gasteiger partial charge on any atom is -0.444 e. The molecule has 1 saturated heterocycles. The third kappa shape index (κ3) is 6.19. The van der Waals surface area contributed by atoms with E-state index in [1.165, 1.54) is 4.90 Å². The van der Waals surface area contributed by atoms with E-state index >= 15 is 0 Å². The van der Waals surface area contributed by atoms with Gasteiger partial charge in [-0.2, -0.15) is 13.2 Å².